The van der Waals surface area contributed by atoms with Crippen molar-refractivity contribution in [2.75, 3.05) is 11.4 Å². The Bertz CT molecular complexity index is 1040. The molecule has 3 heterocycles. The van der Waals surface area contributed by atoms with E-state index in [1.54, 1.807) is 15.6 Å². The van der Waals surface area contributed by atoms with Crippen molar-refractivity contribution in [3.05, 3.63) is 59.0 Å². The maximum Gasteiger partial charge on any atom is 0.257 e. The number of aromatic nitrogens is 3. The molecule has 7 nitrogen and oxygen atoms in total. The molecule has 1 fully saturated rings. The Morgan fingerprint density at radius 1 is 1.26 bits per heavy atom. The number of anilines is 1. The number of carbonyl (C=O) groups is 2. The third-order valence-corrected chi connectivity index (χ3v) is 4.77. The summed E-state index contributed by atoms with van der Waals surface area (Å²) in [5.74, 6) is -0.0653. The number of hydrogen-bond donors (Lipinski definition) is 1. The van der Waals surface area contributed by atoms with Gasteiger partial charge in [0.1, 0.15) is 5.56 Å². The molecule has 0 bridgehead atoms. The van der Waals surface area contributed by atoms with Gasteiger partial charge in [0.2, 0.25) is 5.91 Å². The van der Waals surface area contributed by atoms with Crippen LogP contribution in [-0.2, 0) is 11.3 Å². The Labute approximate surface area is 157 Å². The molecule has 1 aliphatic heterocycles. The fraction of sp³-hybridized carbons (Fsp3) is 0.300. The summed E-state index contributed by atoms with van der Waals surface area (Å²) < 4.78 is 1.67. The summed E-state index contributed by atoms with van der Waals surface area (Å²) in [6.45, 7) is 4.95. The fourth-order valence-electron chi connectivity index (χ4n) is 3.46. The maximum absolute atomic E-state index is 12.6. The first kappa shape index (κ1) is 17.2. The van der Waals surface area contributed by atoms with Gasteiger partial charge in [-0.15, -0.1) is 0 Å². The molecule has 0 radical (unpaired) electrons. The quantitative estimate of drug-likeness (QED) is 0.772. The Morgan fingerprint density at radius 3 is 2.89 bits per heavy atom. The Balaban J connectivity index is 1.51. The van der Waals surface area contributed by atoms with Gasteiger partial charge in [-0.05, 0) is 44.0 Å². The van der Waals surface area contributed by atoms with Crippen LogP contribution in [0, 0.1) is 13.8 Å². The normalized spacial score (nSPS) is 14.1. The number of aryl methyl sites for hydroxylation is 2. The van der Waals surface area contributed by atoms with Crippen molar-refractivity contribution in [2.45, 2.75) is 33.2 Å². The number of nitrogens with zero attached hydrogens (tertiary/aromatic N) is 4. The van der Waals surface area contributed by atoms with Gasteiger partial charge in [-0.25, -0.2) is 9.50 Å². The number of fused-ring (bicyclic) bond motifs is 1. The molecule has 0 spiro atoms. The van der Waals surface area contributed by atoms with Crippen molar-refractivity contribution in [3.8, 4) is 0 Å². The third-order valence-electron chi connectivity index (χ3n) is 4.77. The van der Waals surface area contributed by atoms with Gasteiger partial charge in [0.15, 0.2) is 5.65 Å². The van der Waals surface area contributed by atoms with Gasteiger partial charge in [-0.3, -0.25) is 9.59 Å². The van der Waals surface area contributed by atoms with Gasteiger partial charge >= 0.3 is 0 Å². The highest BCUT2D eigenvalue weighted by Crippen LogP contribution is 2.22. The number of rotatable bonds is 4. The van der Waals surface area contributed by atoms with Gasteiger partial charge < -0.3 is 10.2 Å². The molecular weight excluding hydrogens is 342 g/mol. The smallest absolute Gasteiger partial charge is 0.257 e. The van der Waals surface area contributed by atoms with Crippen LogP contribution in [0.25, 0.3) is 5.65 Å². The molecule has 3 aromatic rings. The summed E-state index contributed by atoms with van der Waals surface area (Å²) >= 11 is 0. The van der Waals surface area contributed by atoms with Crippen LogP contribution in [0.4, 0.5) is 5.69 Å². The Kier molecular flexibility index (Phi) is 4.35. The van der Waals surface area contributed by atoms with E-state index in [2.05, 4.69) is 15.4 Å². The van der Waals surface area contributed by atoms with Crippen molar-refractivity contribution in [1.82, 2.24) is 19.9 Å². The predicted molar refractivity (Wildman–Crippen MR) is 102 cm³/mol. The van der Waals surface area contributed by atoms with Crippen LogP contribution in [0.15, 0.2) is 36.5 Å². The highest BCUT2D eigenvalue weighted by atomic mass is 16.2. The second-order valence-electron chi connectivity index (χ2n) is 6.83. The summed E-state index contributed by atoms with van der Waals surface area (Å²) in [5, 5.41) is 7.19. The molecule has 2 amide bonds. The van der Waals surface area contributed by atoms with Gasteiger partial charge in [-0.2, -0.15) is 5.10 Å². The average Bonchev–Trinajstić information content (AvgIpc) is 3.26. The molecule has 1 saturated heterocycles. The molecular formula is C20H21N5O2. The van der Waals surface area contributed by atoms with Gasteiger partial charge in [0.25, 0.3) is 5.91 Å². The Hall–Kier alpha value is -3.22. The minimum atomic E-state index is -0.217. The van der Waals surface area contributed by atoms with E-state index in [0.29, 0.717) is 24.2 Å². The number of hydrogen-bond acceptors (Lipinski definition) is 4. The van der Waals surface area contributed by atoms with Crippen molar-refractivity contribution < 1.29 is 9.59 Å². The lowest BCUT2D eigenvalue weighted by atomic mass is 10.2. The van der Waals surface area contributed by atoms with Crippen molar-refractivity contribution in [1.29, 1.82) is 0 Å². The van der Waals surface area contributed by atoms with E-state index in [1.807, 2.05) is 44.2 Å². The molecule has 4 rings (SSSR count). The first-order valence-corrected chi connectivity index (χ1v) is 9.02. The van der Waals surface area contributed by atoms with Crippen LogP contribution in [-0.4, -0.2) is 33.0 Å². The van der Waals surface area contributed by atoms with E-state index in [-0.39, 0.29) is 11.8 Å². The molecule has 138 valence electrons. The fourth-order valence-corrected chi connectivity index (χ4v) is 3.46. The van der Waals surface area contributed by atoms with Gasteiger partial charge in [-0.1, -0.05) is 12.1 Å². The van der Waals surface area contributed by atoms with E-state index >= 15 is 0 Å². The minimum Gasteiger partial charge on any atom is -0.348 e. The molecule has 27 heavy (non-hydrogen) atoms. The molecule has 1 N–H and O–H groups in total. The number of nitrogens with one attached hydrogen (secondary N) is 1. The summed E-state index contributed by atoms with van der Waals surface area (Å²) in [7, 11) is 0. The lowest BCUT2D eigenvalue weighted by Crippen LogP contribution is -2.25. The molecule has 0 unspecified atom stereocenters. The molecule has 2 aromatic heterocycles. The molecule has 1 aliphatic rings. The molecule has 0 saturated carbocycles. The standard InChI is InChI=1S/C20H21N5O2/c1-13-9-14(2)25-19(23-13)17(12-22-25)20(27)21-11-15-5-3-6-16(10-15)24-8-4-7-18(24)26/h3,5-6,9-10,12H,4,7-8,11H2,1-2H3,(H,21,27). The topological polar surface area (TPSA) is 79.6 Å². The largest absolute Gasteiger partial charge is 0.348 e. The van der Waals surface area contributed by atoms with Crippen LogP contribution >= 0.6 is 0 Å². The molecule has 1 aromatic carbocycles. The SMILES string of the molecule is Cc1cc(C)n2ncc(C(=O)NCc3cccc(N4CCCC4=O)c3)c2n1. The van der Waals surface area contributed by atoms with Crippen LogP contribution < -0.4 is 10.2 Å². The zero-order valence-corrected chi connectivity index (χ0v) is 15.4. The minimum absolute atomic E-state index is 0.152. The second kappa shape index (κ2) is 6.83. The lowest BCUT2D eigenvalue weighted by molar-refractivity contribution is -0.117. The zero-order valence-electron chi connectivity index (χ0n) is 15.4. The second-order valence-corrected chi connectivity index (χ2v) is 6.83. The summed E-state index contributed by atoms with van der Waals surface area (Å²) in [6.07, 6.45) is 3.03. The van der Waals surface area contributed by atoms with Crippen LogP contribution in [0.3, 0.4) is 0 Å². The van der Waals surface area contributed by atoms with E-state index in [9.17, 15) is 9.59 Å². The summed E-state index contributed by atoms with van der Waals surface area (Å²) in [6, 6.07) is 9.65. The number of benzene rings is 1. The predicted octanol–water partition coefficient (Wildman–Crippen LogP) is 2.40. The zero-order chi connectivity index (χ0) is 19.0. The number of amides is 2. The monoisotopic (exact) mass is 363 g/mol. The first-order valence-electron chi connectivity index (χ1n) is 9.02. The molecule has 7 heteroatoms. The molecule has 0 atom stereocenters. The maximum atomic E-state index is 12.6. The van der Waals surface area contributed by atoms with E-state index in [4.69, 9.17) is 0 Å². The lowest BCUT2D eigenvalue weighted by Gasteiger charge is -2.16. The van der Waals surface area contributed by atoms with Crippen LogP contribution in [0.5, 0.6) is 0 Å². The highest BCUT2D eigenvalue weighted by molar-refractivity contribution is 5.99. The van der Waals surface area contributed by atoms with E-state index < -0.39 is 0 Å². The highest BCUT2D eigenvalue weighted by Gasteiger charge is 2.22. The van der Waals surface area contributed by atoms with Crippen molar-refractivity contribution in [3.63, 3.8) is 0 Å². The molecule has 0 aliphatic carbocycles. The van der Waals surface area contributed by atoms with Crippen LogP contribution in [0.2, 0.25) is 0 Å². The first-order chi connectivity index (χ1) is 13.0. The van der Waals surface area contributed by atoms with E-state index in [0.717, 1.165) is 35.6 Å². The third kappa shape index (κ3) is 3.28. The summed E-state index contributed by atoms with van der Waals surface area (Å²) in [4.78, 5) is 30.8. The van der Waals surface area contributed by atoms with Crippen molar-refractivity contribution in [2.24, 2.45) is 0 Å². The van der Waals surface area contributed by atoms with Crippen LogP contribution in [0.1, 0.15) is 40.2 Å². The van der Waals surface area contributed by atoms with Gasteiger partial charge in [0, 0.05) is 36.6 Å². The van der Waals surface area contributed by atoms with E-state index in [1.165, 1.54) is 0 Å². The average molecular weight is 363 g/mol. The summed E-state index contributed by atoms with van der Waals surface area (Å²) in [5.41, 5.74) is 4.61. The Morgan fingerprint density at radius 2 is 2.11 bits per heavy atom. The number of carbonyl (C=O) groups excluding carboxylic acids is 2. The van der Waals surface area contributed by atoms with Gasteiger partial charge in [0.05, 0.1) is 6.20 Å². The van der Waals surface area contributed by atoms with Crippen molar-refractivity contribution >= 4 is 23.1 Å².